The van der Waals surface area contributed by atoms with Crippen molar-refractivity contribution in [2.24, 2.45) is 4.99 Å². The Bertz CT molecular complexity index is 319. The molecule has 2 N–H and O–H groups in total. The third kappa shape index (κ3) is 1.90. The molecular weight excluding hydrogens is 168 g/mol. The third-order valence-electron chi connectivity index (χ3n) is 1.70. The van der Waals surface area contributed by atoms with E-state index in [0.717, 1.165) is 5.69 Å². The number of benzene rings is 1. The number of hydrogen-bond acceptors (Lipinski definition) is 4. The van der Waals surface area contributed by atoms with Crippen molar-refractivity contribution < 1.29 is 9.84 Å². The molecule has 0 unspecified atom stereocenters. The first-order valence-electron chi connectivity index (χ1n) is 4.08. The fourth-order valence-corrected chi connectivity index (χ4v) is 1.08. The Morgan fingerprint density at radius 3 is 2.69 bits per heavy atom. The number of nitrogens with zero attached hydrogens (tertiary/aromatic N) is 1. The molecule has 68 valence electrons. The normalized spacial score (nSPS) is 14.9. The van der Waals surface area contributed by atoms with Crippen LogP contribution in [0.4, 0.5) is 5.69 Å². The Labute approximate surface area is 75.9 Å². The molecule has 13 heavy (non-hydrogen) atoms. The van der Waals surface area contributed by atoms with E-state index < -0.39 is 0 Å². The highest BCUT2D eigenvalue weighted by Crippen LogP contribution is 2.14. The number of phenolic OH excluding ortho intramolecular Hbond substituents is 1. The van der Waals surface area contributed by atoms with Crippen molar-refractivity contribution in [1.29, 1.82) is 0 Å². The molecule has 0 aliphatic carbocycles. The Kier molecular flexibility index (Phi) is 2.04. The topological polar surface area (TPSA) is 53.8 Å². The number of anilines is 1. The average Bonchev–Trinajstić information content (AvgIpc) is 2.62. The summed E-state index contributed by atoms with van der Waals surface area (Å²) in [5, 5.41) is 12.0. The van der Waals surface area contributed by atoms with Crippen LogP contribution in [0.15, 0.2) is 29.3 Å². The van der Waals surface area contributed by atoms with E-state index in [0.29, 0.717) is 19.2 Å². The molecule has 0 atom stereocenters. The van der Waals surface area contributed by atoms with Crippen molar-refractivity contribution in [3.05, 3.63) is 24.3 Å². The van der Waals surface area contributed by atoms with Gasteiger partial charge in [0.1, 0.15) is 12.4 Å². The highest BCUT2D eigenvalue weighted by Gasteiger charge is 2.06. The molecule has 0 radical (unpaired) electrons. The molecule has 1 aromatic rings. The van der Waals surface area contributed by atoms with E-state index in [1.165, 1.54) is 0 Å². The van der Waals surface area contributed by atoms with Crippen LogP contribution in [0.25, 0.3) is 0 Å². The van der Waals surface area contributed by atoms with E-state index in [4.69, 9.17) is 9.84 Å². The number of nitrogens with one attached hydrogen (secondary N) is 1. The molecule has 4 nitrogen and oxygen atoms in total. The van der Waals surface area contributed by atoms with E-state index in [2.05, 4.69) is 10.3 Å². The zero-order valence-corrected chi connectivity index (χ0v) is 7.03. The van der Waals surface area contributed by atoms with Gasteiger partial charge in [-0.2, -0.15) is 0 Å². The number of aliphatic imine (C=N–C) groups is 1. The van der Waals surface area contributed by atoms with Crippen LogP contribution < -0.4 is 5.32 Å². The van der Waals surface area contributed by atoms with Crippen molar-refractivity contribution in [3.63, 3.8) is 0 Å². The van der Waals surface area contributed by atoms with Gasteiger partial charge in [-0.1, -0.05) is 0 Å². The van der Waals surface area contributed by atoms with Gasteiger partial charge in [0.2, 0.25) is 0 Å². The fraction of sp³-hybridized carbons (Fsp3) is 0.222. The lowest BCUT2D eigenvalue weighted by molar-refractivity contribution is 0.346. The van der Waals surface area contributed by atoms with E-state index >= 15 is 0 Å². The van der Waals surface area contributed by atoms with E-state index in [9.17, 15) is 0 Å². The maximum atomic E-state index is 9.03. The first kappa shape index (κ1) is 7.91. The van der Waals surface area contributed by atoms with Gasteiger partial charge in [0.25, 0.3) is 6.02 Å². The van der Waals surface area contributed by atoms with Gasteiger partial charge >= 0.3 is 0 Å². The molecule has 0 aromatic heterocycles. The number of amidine groups is 1. The molecule has 0 saturated heterocycles. The first-order chi connectivity index (χ1) is 6.34. The molecular formula is C9H10N2O2. The summed E-state index contributed by atoms with van der Waals surface area (Å²) in [5.74, 6) is 0.250. The molecule has 0 spiro atoms. The molecule has 1 heterocycles. The number of aromatic hydroxyl groups is 1. The smallest absolute Gasteiger partial charge is 0.289 e. The minimum Gasteiger partial charge on any atom is -0.508 e. The predicted molar refractivity (Wildman–Crippen MR) is 50.0 cm³/mol. The molecule has 0 amide bonds. The van der Waals surface area contributed by atoms with Crippen molar-refractivity contribution >= 4 is 11.7 Å². The summed E-state index contributed by atoms with van der Waals surface area (Å²) in [6.07, 6.45) is 0. The second-order valence-electron chi connectivity index (χ2n) is 2.71. The summed E-state index contributed by atoms with van der Waals surface area (Å²) >= 11 is 0. The molecule has 4 heteroatoms. The minimum atomic E-state index is 0.250. The highest BCUT2D eigenvalue weighted by atomic mass is 16.5. The molecule has 1 aromatic carbocycles. The largest absolute Gasteiger partial charge is 0.508 e. The summed E-state index contributed by atoms with van der Waals surface area (Å²) in [5.41, 5.74) is 0.860. The zero-order valence-electron chi connectivity index (χ0n) is 7.03. The van der Waals surface area contributed by atoms with Crippen LogP contribution in [-0.4, -0.2) is 24.3 Å². The number of phenols is 1. The second-order valence-corrected chi connectivity index (χ2v) is 2.71. The quantitative estimate of drug-likeness (QED) is 0.635. The summed E-state index contributed by atoms with van der Waals surface area (Å²) in [6, 6.07) is 7.29. The molecule has 1 aliphatic heterocycles. The number of hydrogen-bond donors (Lipinski definition) is 2. The lowest BCUT2D eigenvalue weighted by Crippen LogP contribution is -2.11. The van der Waals surface area contributed by atoms with Crippen LogP contribution in [-0.2, 0) is 4.74 Å². The van der Waals surface area contributed by atoms with Gasteiger partial charge in [-0.25, -0.2) is 4.99 Å². The minimum absolute atomic E-state index is 0.250. The van der Waals surface area contributed by atoms with Crippen LogP contribution in [0.2, 0.25) is 0 Å². The molecule has 1 aliphatic rings. The maximum Gasteiger partial charge on any atom is 0.289 e. The van der Waals surface area contributed by atoms with Gasteiger partial charge in [-0.05, 0) is 24.3 Å². The number of rotatable bonds is 1. The second kappa shape index (κ2) is 3.35. The summed E-state index contributed by atoms with van der Waals surface area (Å²) in [6.45, 7) is 1.35. The van der Waals surface area contributed by atoms with Gasteiger partial charge in [-0.3, -0.25) is 0 Å². The van der Waals surface area contributed by atoms with Gasteiger partial charge in [0.15, 0.2) is 0 Å². The monoisotopic (exact) mass is 178 g/mol. The Hall–Kier alpha value is -1.71. The summed E-state index contributed by atoms with van der Waals surface area (Å²) in [4.78, 5) is 4.07. The standard InChI is InChI=1S/C9H10N2O2/c12-8-3-1-7(2-4-8)11-9-10-5-6-13-9/h1-4,12H,5-6H2,(H,10,11). The van der Waals surface area contributed by atoms with Crippen LogP contribution in [0.1, 0.15) is 0 Å². The molecule has 2 rings (SSSR count). The van der Waals surface area contributed by atoms with Gasteiger partial charge < -0.3 is 15.2 Å². The highest BCUT2D eigenvalue weighted by molar-refractivity contribution is 5.89. The van der Waals surface area contributed by atoms with Gasteiger partial charge in [0, 0.05) is 5.69 Å². The van der Waals surface area contributed by atoms with E-state index in [1.807, 2.05) is 0 Å². The maximum absolute atomic E-state index is 9.03. The Balaban J connectivity index is 2.05. The number of ether oxygens (including phenoxy) is 1. The SMILES string of the molecule is Oc1ccc(NC2=NCCO2)cc1. The molecule has 0 saturated carbocycles. The lowest BCUT2D eigenvalue weighted by Gasteiger charge is -2.04. The zero-order chi connectivity index (χ0) is 9.10. The fourth-order valence-electron chi connectivity index (χ4n) is 1.08. The van der Waals surface area contributed by atoms with Crippen molar-refractivity contribution in [2.75, 3.05) is 18.5 Å². The Morgan fingerprint density at radius 1 is 1.31 bits per heavy atom. The van der Waals surface area contributed by atoms with E-state index in [1.54, 1.807) is 24.3 Å². The third-order valence-corrected chi connectivity index (χ3v) is 1.70. The predicted octanol–water partition coefficient (Wildman–Crippen LogP) is 1.19. The van der Waals surface area contributed by atoms with Gasteiger partial charge in [-0.15, -0.1) is 0 Å². The van der Waals surface area contributed by atoms with Crippen molar-refractivity contribution in [1.82, 2.24) is 0 Å². The first-order valence-corrected chi connectivity index (χ1v) is 4.08. The van der Waals surface area contributed by atoms with Gasteiger partial charge in [0.05, 0.1) is 6.54 Å². The van der Waals surface area contributed by atoms with Crippen LogP contribution >= 0.6 is 0 Å². The Morgan fingerprint density at radius 2 is 2.08 bits per heavy atom. The summed E-state index contributed by atoms with van der Waals surface area (Å²) < 4.78 is 5.16. The molecule has 0 fully saturated rings. The van der Waals surface area contributed by atoms with Crippen molar-refractivity contribution in [3.8, 4) is 5.75 Å². The van der Waals surface area contributed by atoms with Crippen LogP contribution in [0.5, 0.6) is 5.75 Å². The van der Waals surface area contributed by atoms with Crippen molar-refractivity contribution in [2.45, 2.75) is 0 Å². The average molecular weight is 178 g/mol. The van der Waals surface area contributed by atoms with Crippen LogP contribution in [0, 0.1) is 0 Å². The van der Waals surface area contributed by atoms with Crippen LogP contribution in [0.3, 0.4) is 0 Å². The van der Waals surface area contributed by atoms with E-state index in [-0.39, 0.29) is 5.75 Å². The molecule has 0 bridgehead atoms. The summed E-state index contributed by atoms with van der Waals surface area (Å²) in [7, 11) is 0. The lowest BCUT2D eigenvalue weighted by atomic mass is 10.3.